The maximum absolute atomic E-state index is 12.9. The summed E-state index contributed by atoms with van der Waals surface area (Å²) in [7, 11) is 9.12. The average Bonchev–Trinajstić information content (AvgIpc) is 3.05. The number of rotatable bonds is 13. The molecule has 0 bridgehead atoms. The van der Waals surface area contributed by atoms with E-state index in [1.165, 1.54) is 12.2 Å². The van der Waals surface area contributed by atoms with E-state index >= 15 is 0 Å². The summed E-state index contributed by atoms with van der Waals surface area (Å²) in [6.45, 7) is 0. The molecule has 0 fully saturated rings. The van der Waals surface area contributed by atoms with Gasteiger partial charge in [0.25, 0.3) is 0 Å². The number of carbonyl (C=O) groups is 1. The van der Waals surface area contributed by atoms with Crippen LogP contribution in [-0.4, -0.2) is 68.3 Å². The van der Waals surface area contributed by atoms with Gasteiger partial charge in [-0.1, -0.05) is 0 Å². The molecule has 0 aromatic heterocycles. The molecule has 9 nitrogen and oxygen atoms in total. The molecule has 0 heterocycles. The molecule has 0 unspecified atom stereocenters. The fourth-order valence-corrected chi connectivity index (χ4v) is 12.1. The molecule has 3 aromatic carbocycles. The summed E-state index contributed by atoms with van der Waals surface area (Å²) in [5.41, 5.74) is 0.435. The van der Waals surface area contributed by atoms with Crippen molar-refractivity contribution in [1.29, 1.82) is 0 Å². The third-order valence-electron chi connectivity index (χ3n) is 7.75. The van der Waals surface area contributed by atoms with Gasteiger partial charge in [-0.25, -0.2) is 0 Å². The molecule has 3 aromatic rings. The van der Waals surface area contributed by atoms with Crippen LogP contribution in [0.4, 0.5) is 0 Å². The average molecular weight is 611 g/mol. The van der Waals surface area contributed by atoms with Crippen LogP contribution in [0.3, 0.4) is 0 Å². The second kappa shape index (κ2) is 13.7. The van der Waals surface area contributed by atoms with E-state index in [2.05, 4.69) is 12.1 Å². The minimum absolute atomic E-state index is 0.241. The number of benzene rings is 3. The molecule has 4 rings (SSSR count). The van der Waals surface area contributed by atoms with Crippen molar-refractivity contribution in [3.8, 4) is 34.5 Å². The Morgan fingerprint density at radius 2 is 0.953 bits per heavy atom. The van der Waals surface area contributed by atoms with Crippen LogP contribution in [0.2, 0.25) is 0 Å². The fraction of sp³-hybridized carbons (Fsp3) is 0.303. The first kappa shape index (κ1) is 31.6. The summed E-state index contributed by atoms with van der Waals surface area (Å²) < 4.78 is 47.8. The molecular formula is C33H39O9P. The van der Waals surface area contributed by atoms with E-state index < -0.39 is 12.9 Å². The first-order chi connectivity index (χ1) is 20.8. The summed E-state index contributed by atoms with van der Waals surface area (Å²) >= 11 is 0. The maximum atomic E-state index is 12.9. The zero-order valence-electron chi connectivity index (χ0n) is 25.8. The summed E-state index contributed by atoms with van der Waals surface area (Å²) in [6, 6.07) is 17.4. The quantitative estimate of drug-likeness (QED) is 0.257. The van der Waals surface area contributed by atoms with Gasteiger partial charge in [-0.3, -0.25) is 0 Å². The molecule has 43 heavy (non-hydrogen) atoms. The number of carbonyl (C=O) groups excluding carboxylic acids is 1. The van der Waals surface area contributed by atoms with Gasteiger partial charge in [-0.05, 0) is 0 Å². The zero-order valence-corrected chi connectivity index (χ0v) is 26.8. The molecule has 10 heteroatoms. The number of methoxy groups -OCH3 is 8. The Hall–Kier alpha value is -4.36. The first-order valence-electron chi connectivity index (χ1n) is 13.6. The molecule has 0 saturated heterocycles. The summed E-state index contributed by atoms with van der Waals surface area (Å²) in [5.74, 6) is 3.86. The topological polar surface area (TPSA) is 90.9 Å². The van der Waals surface area contributed by atoms with Crippen molar-refractivity contribution in [1.82, 2.24) is 0 Å². The molecule has 0 amide bonds. The molecule has 0 N–H and O–H groups in total. The molecule has 0 spiro atoms. The third-order valence-corrected chi connectivity index (χ3v) is 13.0. The van der Waals surface area contributed by atoms with Crippen LogP contribution in [-0.2, 0) is 20.4 Å². The van der Waals surface area contributed by atoms with Crippen LogP contribution in [0.15, 0.2) is 78.3 Å². The van der Waals surface area contributed by atoms with E-state index in [1.54, 1.807) is 56.9 Å². The van der Waals surface area contributed by atoms with Crippen LogP contribution in [0.5, 0.6) is 34.5 Å². The van der Waals surface area contributed by atoms with E-state index in [0.29, 0.717) is 52.2 Å². The van der Waals surface area contributed by atoms with Crippen molar-refractivity contribution in [2.45, 2.75) is 11.8 Å². The summed E-state index contributed by atoms with van der Waals surface area (Å²) in [4.78, 5) is 12.9. The van der Waals surface area contributed by atoms with E-state index in [-0.39, 0.29) is 5.78 Å². The second-order valence-electron chi connectivity index (χ2n) is 9.78. The Labute approximate surface area is 253 Å². The molecule has 230 valence electrons. The number of ether oxygens (including phenoxy) is 8. The van der Waals surface area contributed by atoms with Gasteiger partial charge in [-0.15, -0.1) is 0 Å². The van der Waals surface area contributed by atoms with Crippen molar-refractivity contribution >= 4 is 23.7 Å². The second-order valence-corrected chi connectivity index (χ2v) is 13.7. The van der Waals surface area contributed by atoms with Crippen LogP contribution >= 0.6 is 7.26 Å². The number of hydrogen-bond donors (Lipinski definition) is 0. The Bertz CT molecular complexity index is 1380. The van der Waals surface area contributed by atoms with Crippen molar-refractivity contribution in [3.05, 3.63) is 83.8 Å². The number of allylic oxidation sites excluding steroid dienone is 2. The van der Waals surface area contributed by atoms with Crippen molar-refractivity contribution < 1.29 is 42.7 Å². The Morgan fingerprint density at radius 1 is 0.558 bits per heavy atom. The van der Waals surface area contributed by atoms with Crippen molar-refractivity contribution in [3.63, 3.8) is 0 Å². The summed E-state index contributed by atoms with van der Waals surface area (Å²) in [6.07, 6.45) is 3.49. The van der Waals surface area contributed by atoms with Crippen LogP contribution in [0.1, 0.15) is 5.56 Å². The van der Waals surface area contributed by atoms with Gasteiger partial charge < -0.3 is 0 Å². The monoisotopic (exact) mass is 610 g/mol. The number of ketones is 1. The Balaban J connectivity index is 2.34. The van der Waals surface area contributed by atoms with E-state index in [4.69, 9.17) is 37.9 Å². The van der Waals surface area contributed by atoms with Crippen molar-refractivity contribution in [2.75, 3.05) is 56.9 Å². The molecule has 0 aliphatic heterocycles. The predicted molar refractivity (Wildman–Crippen MR) is 169 cm³/mol. The zero-order chi connectivity index (χ0) is 31.1. The van der Waals surface area contributed by atoms with Crippen molar-refractivity contribution in [2.24, 2.45) is 0 Å². The fourth-order valence-electron chi connectivity index (χ4n) is 5.97. The Morgan fingerprint density at radius 3 is 1.28 bits per heavy atom. The molecule has 0 radical (unpaired) electrons. The van der Waals surface area contributed by atoms with Crippen LogP contribution in [0.25, 0.3) is 0 Å². The number of hydrogen-bond acceptors (Lipinski definition) is 9. The van der Waals surface area contributed by atoms with Gasteiger partial charge in [0.05, 0.1) is 0 Å². The molecular weight excluding hydrogens is 571 g/mol. The van der Waals surface area contributed by atoms with Gasteiger partial charge in [0.15, 0.2) is 0 Å². The molecule has 0 atom stereocenters. The Kier molecular flexibility index (Phi) is 10.1. The van der Waals surface area contributed by atoms with E-state index in [1.807, 2.05) is 42.5 Å². The van der Waals surface area contributed by atoms with Crippen LogP contribution < -0.4 is 39.0 Å². The summed E-state index contributed by atoms with van der Waals surface area (Å²) in [5, 5.41) is 1.54. The minimum atomic E-state index is -3.57. The SMILES string of the molecule is COC1=CC(=O)C=C(OC)C1[PH](Cc1ccccc1)(c1c(OC)cc(OC)cc1OC)c1c(OC)cc(OC)cc1OC. The molecule has 0 saturated carbocycles. The van der Waals surface area contributed by atoms with E-state index in [0.717, 1.165) is 16.2 Å². The van der Waals surface area contributed by atoms with Gasteiger partial charge >= 0.3 is 253 Å². The van der Waals surface area contributed by atoms with Crippen LogP contribution in [0, 0.1) is 0 Å². The predicted octanol–water partition coefficient (Wildman–Crippen LogP) is 4.65. The van der Waals surface area contributed by atoms with E-state index in [9.17, 15) is 4.79 Å². The van der Waals surface area contributed by atoms with Gasteiger partial charge in [0.1, 0.15) is 0 Å². The van der Waals surface area contributed by atoms with Gasteiger partial charge in [0, 0.05) is 0 Å². The van der Waals surface area contributed by atoms with Gasteiger partial charge in [-0.2, -0.15) is 0 Å². The molecule has 1 aliphatic rings. The molecule has 1 aliphatic carbocycles. The standard InChI is InChI=1S/C33H39O9P/c1-35-23-16-27(39-5)32(28(17-23)40-6)43(20-21-12-10-9-11-13-21,31-25(37-3)14-22(34)15-26(31)38-4)33-29(41-7)18-24(36-2)19-30(33)42-8/h9-19,31,43H,20H2,1-8H3. The normalized spacial score (nSPS) is 13.8. The third kappa shape index (κ3) is 5.82. The van der Waals surface area contributed by atoms with Gasteiger partial charge in [0.2, 0.25) is 0 Å². The first-order valence-corrected chi connectivity index (χ1v) is 15.8.